The fraction of sp³-hybridized carbons (Fsp3) is 0.462. The Kier molecular flexibility index (Phi) is 3.07. The highest BCUT2D eigenvalue weighted by Gasteiger charge is 2.38. The fourth-order valence-electron chi connectivity index (χ4n) is 2.16. The van der Waals surface area contributed by atoms with Gasteiger partial charge in [0.05, 0.1) is 22.7 Å². The molecule has 1 N–H and O–H groups in total. The van der Waals surface area contributed by atoms with Crippen molar-refractivity contribution in [3.05, 3.63) is 23.8 Å². The van der Waals surface area contributed by atoms with E-state index in [1.54, 1.807) is 19.1 Å². The van der Waals surface area contributed by atoms with Gasteiger partial charge in [0.15, 0.2) is 15.1 Å². The summed E-state index contributed by atoms with van der Waals surface area (Å²) in [6.45, 7) is 5.73. The first-order valence-electron chi connectivity index (χ1n) is 5.92. The van der Waals surface area contributed by atoms with Gasteiger partial charge in [-0.05, 0) is 30.5 Å². The van der Waals surface area contributed by atoms with Crippen LogP contribution in [0.15, 0.2) is 23.1 Å². The van der Waals surface area contributed by atoms with E-state index in [0.29, 0.717) is 5.69 Å². The minimum Gasteiger partial charge on any atom is -0.379 e. The molecule has 2 unspecified atom stereocenters. The van der Waals surface area contributed by atoms with Crippen LogP contribution in [0.1, 0.15) is 32.3 Å². The quantitative estimate of drug-likeness (QED) is 0.845. The summed E-state index contributed by atoms with van der Waals surface area (Å²) in [5, 5.41) is 11.1. The minimum atomic E-state index is -3.56. The van der Waals surface area contributed by atoms with Gasteiger partial charge in [0.2, 0.25) is 0 Å². The van der Waals surface area contributed by atoms with Crippen LogP contribution in [0.4, 0.5) is 5.69 Å². The average molecular weight is 264 g/mol. The van der Waals surface area contributed by atoms with Crippen LogP contribution in [-0.4, -0.2) is 19.7 Å². The molecule has 0 bridgehead atoms. The van der Waals surface area contributed by atoms with Gasteiger partial charge in [-0.25, -0.2) is 8.42 Å². The first-order chi connectivity index (χ1) is 8.37. The number of fused-ring (bicyclic) bond motifs is 1. The van der Waals surface area contributed by atoms with Crippen molar-refractivity contribution in [1.82, 2.24) is 0 Å². The topological polar surface area (TPSA) is 70.0 Å². The Bertz CT molecular complexity index is 614. The third-order valence-electron chi connectivity index (χ3n) is 3.28. The van der Waals surface area contributed by atoms with Gasteiger partial charge in [-0.15, -0.1) is 0 Å². The summed E-state index contributed by atoms with van der Waals surface area (Å²) in [4.78, 5) is 0.248. The van der Waals surface area contributed by atoms with Gasteiger partial charge in [0.25, 0.3) is 0 Å². The second-order valence-corrected chi connectivity index (χ2v) is 6.98. The molecule has 0 saturated carbocycles. The second-order valence-electron chi connectivity index (χ2n) is 4.94. The predicted octanol–water partition coefficient (Wildman–Crippen LogP) is 2.29. The first kappa shape index (κ1) is 12.9. The molecule has 0 saturated heterocycles. The number of nitriles is 1. The van der Waals surface area contributed by atoms with E-state index in [0.717, 1.165) is 5.56 Å². The van der Waals surface area contributed by atoms with Crippen molar-refractivity contribution in [2.45, 2.75) is 42.9 Å². The van der Waals surface area contributed by atoms with E-state index in [9.17, 15) is 8.42 Å². The summed E-state index contributed by atoms with van der Waals surface area (Å²) in [7, 11) is -3.56. The summed E-state index contributed by atoms with van der Waals surface area (Å²) in [5.74, 6) is 0.255. The van der Waals surface area contributed by atoms with Crippen molar-refractivity contribution < 1.29 is 8.42 Å². The standard InChI is InChI=1S/C13H16N2O2S/c1-8(2)10-4-5-11-12(6-10)18(16,17)13(7-14)9(3)15-11/h4-6,8-9,13,15H,1-3H3. The summed E-state index contributed by atoms with van der Waals surface area (Å²) in [5.41, 5.74) is 1.56. The van der Waals surface area contributed by atoms with Gasteiger partial charge >= 0.3 is 0 Å². The van der Waals surface area contributed by atoms with E-state index >= 15 is 0 Å². The van der Waals surface area contributed by atoms with Crippen molar-refractivity contribution in [2.75, 3.05) is 5.32 Å². The minimum absolute atomic E-state index is 0.248. The third kappa shape index (κ3) is 1.87. The number of hydrogen-bond donors (Lipinski definition) is 1. The largest absolute Gasteiger partial charge is 0.379 e. The van der Waals surface area contributed by atoms with Gasteiger partial charge in [0, 0.05) is 0 Å². The number of anilines is 1. The van der Waals surface area contributed by atoms with Gasteiger partial charge in [-0.3, -0.25) is 0 Å². The molecule has 0 amide bonds. The lowest BCUT2D eigenvalue weighted by molar-refractivity contribution is 0.577. The molecular weight excluding hydrogens is 248 g/mol. The van der Waals surface area contributed by atoms with Gasteiger partial charge < -0.3 is 5.32 Å². The van der Waals surface area contributed by atoms with E-state index < -0.39 is 21.1 Å². The highest BCUT2D eigenvalue weighted by Crippen LogP contribution is 2.34. The highest BCUT2D eigenvalue weighted by molar-refractivity contribution is 7.92. The summed E-state index contributed by atoms with van der Waals surface area (Å²) in [6, 6.07) is 6.88. The molecule has 2 atom stereocenters. The smallest absolute Gasteiger partial charge is 0.198 e. The number of rotatable bonds is 1. The number of benzene rings is 1. The lowest BCUT2D eigenvalue weighted by Gasteiger charge is -2.28. The monoisotopic (exact) mass is 264 g/mol. The molecule has 1 heterocycles. The number of nitrogens with one attached hydrogen (secondary N) is 1. The number of nitrogens with zero attached hydrogens (tertiary/aromatic N) is 1. The fourth-order valence-corrected chi connectivity index (χ4v) is 3.91. The Labute approximate surface area is 108 Å². The number of sulfone groups is 1. The Morgan fingerprint density at radius 3 is 2.61 bits per heavy atom. The average Bonchev–Trinajstić information content (AvgIpc) is 2.28. The predicted molar refractivity (Wildman–Crippen MR) is 70.2 cm³/mol. The molecule has 0 spiro atoms. The van der Waals surface area contributed by atoms with Gasteiger partial charge in [-0.1, -0.05) is 19.9 Å². The summed E-state index contributed by atoms with van der Waals surface area (Å²) >= 11 is 0. The first-order valence-corrected chi connectivity index (χ1v) is 7.46. The Morgan fingerprint density at radius 1 is 1.39 bits per heavy atom. The maximum absolute atomic E-state index is 12.4. The molecule has 0 aromatic heterocycles. The molecule has 5 heteroatoms. The van der Waals surface area contributed by atoms with Crippen LogP contribution in [0.5, 0.6) is 0 Å². The molecule has 2 rings (SSSR count). The number of hydrogen-bond acceptors (Lipinski definition) is 4. The zero-order chi connectivity index (χ0) is 13.5. The van der Waals surface area contributed by atoms with Crippen LogP contribution < -0.4 is 5.32 Å². The molecule has 0 aliphatic carbocycles. The van der Waals surface area contributed by atoms with Crippen LogP contribution in [-0.2, 0) is 9.84 Å². The summed E-state index contributed by atoms with van der Waals surface area (Å²) < 4.78 is 24.7. The van der Waals surface area contributed by atoms with Crippen LogP contribution in [0.2, 0.25) is 0 Å². The van der Waals surface area contributed by atoms with Crippen molar-refractivity contribution in [3.8, 4) is 6.07 Å². The van der Waals surface area contributed by atoms with Crippen molar-refractivity contribution >= 4 is 15.5 Å². The van der Waals surface area contributed by atoms with E-state index in [-0.39, 0.29) is 10.8 Å². The zero-order valence-electron chi connectivity index (χ0n) is 10.6. The maximum atomic E-state index is 12.4. The second kappa shape index (κ2) is 4.29. The molecule has 18 heavy (non-hydrogen) atoms. The Balaban J connectivity index is 2.64. The van der Waals surface area contributed by atoms with Gasteiger partial charge in [0.1, 0.15) is 0 Å². The zero-order valence-corrected chi connectivity index (χ0v) is 11.5. The van der Waals surface area contributed by atoms with Crippen LogP contribution in [0, 0.1) is 11.3 Å². The molecule has 96 valence electrons. The molecule has 1 aromatic rings. The molecule has 0 fully saturated rings. The molecule has 4 nitrogen and oxygen atoms in total. The van der Waals surface area contributed by atoms with E-state index in [1.165, 1.54) is 0 Å². The van der Waals surface area contributed by atoms with Crippen molar-refractivity contribution in [3.63, 3.8) is 0 Å². The third-order valence-corrected chi connectivity index (χ3v) is 5.41. The molecule has 0 radical (unpaired) electrons. The van der Waals surface area contributed by atoms with Gasteiger partial charge in [-0.2, -0.15) is 5.26 Å². The maximum Gasteiger partial charge on any atom is 0.198 e. The highest BCUT2D eigenvalue weighted by atomic mass is 32.2. The Morgan fingerprint density at radius 2 is 2.06 bits per heavy atom. The van der Waals surface area contributed by atoms with Crippen LogP contribution in [0.25, 0.3) is 0 Å². The molecule has 1 aliphatic rings. The molecule has 1 aromatic carbocycles. The molecular formula is C13H16N2O2S. The van der Waals surface area contributed by atoms with Crippen LogP contribution >= 0.6 is 0 Å². The normalized spacial score (nSPS) is 25.1. The van der Waals surface area contributed by atoms with Crippen molar-refractivity contribution in [2.24, 2.45) is 0 Å². The lowest BCUT2D eigenvalue weighted by atomic mass is 10.0. The Hall–Kier alpha value is -1.54. The molecule has 1 aliphatic heterocycles. The van der Waals surface area contributed by atoms with E-state index in [2.05, 4.69) is 5.32 Å². The van der Waals surface area contributed by atoms with E-state index in [4.69, 9.17) is 5.26 Å². The lowest BCUT2D eigenvalue weighted by Crippen LogP contribution is -2.40. The summed E-state index contributed by atoms with van der Waals surface area (Å²) in [6.07, 6.45) is 0. The van der Waals surface area contributed by atoms with Crippen LogP contribution in [0.3, 0.4) is 0 Å². The van der Waals surface area contributed by atoms with Crippen molar-refractivity contribution in [1.29, 1.82) is 5.26 Å². The van der Waals surface area contributed by atoms with E-state index in [1.807, 2.05) is 26.0 Å². The SMILES string of the molecule is CC(C)c1ccc2c(c1)S(=O)(=O)C(C#N)C(C)N2.